The fraction of sp³-hybridized carbons (Fsp3) is 1.00. The second kappa shape index (κ2) is 8.15. The van der Waals surface area contributed by atoms with Crippen molar-refractivity contribution >= 4 is 0 Å². The second-order valence-electron chi connectivity index (χ2n) is 5.26. The van der Waals surface area contributed by atoms with E-state index in [2.05, 4.69) is 39.8 Å². The third-order valence-electron chi connectivity index (χ3n) is 3.91. The lowest BCUT2D eigenvalue weighted by atomic mass is 9.90. The van der Waals surface area contributed by atoms with Crippen molar-refractivity contribution in [1.29, 1.82) is 0 Å². The Bertz CT molecular complexity index is 142. The summed E-state index contributed by atoms with van der Waals surface area (Å²) in [6, 6.07) is 0. The monoisotopic (exact) mass is 213 g/mol. The van der Waals surface area contributed by atoms with Crippen LogP contribution in [0.3, 0.4) is 0 Å². The van der Waals surface area contributed by atoms with Gasteiger partial charge in [0.15, 0.2) is 0 Å². The summed E-state index contributed by atoms with van der Waals surface area (Å²) < 4.78 is 0. The topological polar surface area (TPSA) is 3.24 Å². The summed E-state index contributed by atoms with van der Waals surface area (Å²) in [5.74, 6) is 0. The maximum atomic E-state index is 2.39. The zero-order valence-electron chi connectivity index (χ0n) is 11.6. The van der Waals surface area contributed by atoms with Gasteiger partial charge in [-0.05, 0) is 33.9 Å². The molecular weight excluding hydrogens is 182 g/mol. The molecule has 0 aliphatic rings. The van der Waals surface area contributed by atoms with E-state index in [4.69, 9.17) is 0 Å². The minimum absolute atomic E-state index is 0.421. The Kier molecular flexibility index (Phi) is 8.13. The van der Waals surface area contributed by atoms with Crippen LogP contribution in [0.15, 0.2) is 0 Å². The first kappa shape index (κ1) is 15.0. The van der Waals surface area contributed by atoms with Gasteiger partial charge in [-0.25, -0.2) is 0 Å². The molecule has 0 radical (unpaired) electrons. The molecule has 0 aromatic heterocycles. The molecule has 0 rings (SSSR count). The molecule has 0 aromatic rings. The van der Waals surface area contributed by atoms with Crippen molar-refractivity contribution in [1.82, 2.24) is 4.90 Å². The minimum Gasteiger partial charge on any atom is -0.304 e. The molecule has 1 unspecified atom stereocenters. The number of rotatable bonds is 9. The first-order valence-corrected chi connectivity index (χ1v) is 6.74. The molecule has 1 nitrogen and oxygen atoms in total. The number of unbranched alkanes of at least 4 members (excludes halogenated alkanes) is 5. The van der Waals surface area contributed by atoms with E-state index in [9.17, 15) is 0 Å². The number of hydrogen-bond acceptors (Lipinski definition) is 1. The van der Waals surface area contributed by atoms with Gasteiger partial charge in [-0.2, -0.15) is 0 Å². The summed E-state index contributed by atoms with van der Waals surface area (Å²) in [5.41, 5.74) is 0.421. The van der Waals surface area contributed by atoms with Crippen LogP contribution in [0.5, 0.6) is 0 Å². The highest BCUT2D eigenvalue weighted by Crippen LogP contribution is 2.23. The van der Waals surface area contributed by atoms with Gasteiger partial charge in [-0.1, -0.05) is 52.4 Å². The van der Waals surface area contributed by atoms with Crippen molar-refractivity contribution in [3.05, 3.63) is 0 Å². The van der Waals surface area contributed by atoms with Crippen LogP contribution in [0.1, 0.15) is 72.1 Å². The van der Waals surface area contributed by atoms with Crippen LogP contribution in [-0.2, 0) is 0 Å². The van der Waals surface area contributed by atoms with Gasteiger partial charge in [0, 0.05) is 5.54 Å². The van der Waals surface area contributed by atoms with Crippen LogP contribution in [0.4, 0.5) is 0 Å². The number of hydrogen-bond donors (Lipinski definition) is 0. The predicted octanol–water partition coefficient (Wildman–Crippen LogP) is 4.47. The molecule has 0 fully saturated rings. The molecule has 0 saturated carbocycles. The van der Waals surface area contributed by atoms with Gasteiger partial charge in [-0.15, -0.1) is 0 Å². The lowest BCUT2D eigenvalue weighted by molar-refractivity contribution is 0.150. The van der Waals surface area contributed by atoms with Gasteiger partial charge in [0.25, 0.3) is 0 Å². The average molecular weight is 213 g/mol. The first-order valence-electron chi connectivity index (χ1n) is 6.74. The maximum Gasteiger partial charge on any atom is 0.0172 e. The molecule has 0 amide bonds. The van der Waals surface area contributed by atoms with Crippen molar-refractivity contribution in [2.45, 2.75) is 77.7 Å². The zero-order chi connectivity index (χ0) is 11.7. The Hall–Kier alpha value is -0.0400. The van der Waals surface area contributed by atoms with Gasteiger partial charge in [0.2, 0.25) is 0 Å². The molecular formula is C14H31N. The third-order valence-corrected chi connectivity index (χ3v) is 3.91. The highest BCUT2D eigenvalue weighted by atomic mass is 15.1. The quantitative estimate of drug-likeness (QED) is 0.511. The summed E-state index contributed by atoms with van der Waals surface area (Å²) in [7, 11) is 4.42. The molecule has 0 heterocycles. The minimum atomic E-state index is 0.421. The van der Waals surface area contributed by atoms with Crippen LogP contribution >= 0.6 is 0 Å². The van der Waals surface area contributed by atoms with E-state index in [0.29, 0.717) is 5.54 Å². The predicted molar refractivity (Wildman–Crippen MR) is 70.4 cm³/mol. The van der Waals surface area contributed by atoms with E-state index < -0.39 is 0 Å². The van der Waals surface area contributed by atoms with Crippen LogP contribution in [0, 0.1) is 0 Å². The molecule has 15 heavy (non-hydrogen) atoms. The SMILES string of the molecule is CCCCCCCCC(C)(CC)N(C)C. The summed E-state index contributed by atoms with van der Waals surface area (Å²) in [4.78, 5) is 2.39. The van der Waals surface area contributed by atoms with Crippen LogP contribution in [0.2, 0.25) is 0 Å². The van der Waals surface area contributed by atoms with Gasteiger partial charge >= 0.3 is 0 Å². The lowest BCUT2D eigenvalue weighted by Crippen LogP contribution is -2.40. The Morgan fingerprint density at radius 1 is 0.867 bits per heavy atom. The molecule has 0 N–H and O–H groups in total. The summed E-state index contributed by atoms with van der Waals surface area (Å²) in [6.45, 7) is 6.97. The van der Waals surface area contributed by atoms with E-state index in [1.807, 2.05) is 0 Å². The van der Waals surface area contributed by atoms with Crippen molar-refractivity contribution in [3.63, 3.8) is 0 Å². The molecule has 0 aliphatic heterocycles. The Morgan fingerprint density at radius 3 is 1.87 bits per heavy atom. The smallest absolute Gasteiger partial charge is 0.0172 e. The molecule has 0 spiro atoms. The first-order chi connectivity index (χ1) is 7.06. The van der Waals surface area contributed by atoms with Crippen LogP contribution in [0.25, 0.3) is 0 Å². The highest BCUT2D eigenvalue weighted by molar-refractivity contribution is 4.80. The highest BCUT2D eigenvalue weighted by Gasteiger charge is 2.23. The second-order valence-corrected chi connectivity index (χ2v) is 5.26. The largest absolute Gasteiger partial charge is 0.304 e. The average Bonchev–Trinajstić information content (AvgIpc) is 2.22. The van der Waals surface area contributed by atoms with Gasteiger partial charge in [0.05, 0.1) is 0 Å². The van der Waals surface area contributed by atoms with Gasteiger partial charge in [0.1, 0.15) is 0 Å². The Labute approximate surface area is 97.2 Å². The summed E-state index contributed by atoms with van der Waals surface area (Å²) in [6.07, 6.45) is 11.1. The lowest BCUT2D eigenvalue weighted by Gasteiger charge is -2.35. The van der Waals surface area contributed by atoms with Crippen LogP contribution < -0.4 is 0 Å². The molecule has 0 saturated heterocycles. The third kappa shape index (κ3) is 6.19. The zero-order valence-corrected chi connectivity index (χ0v) is 11.6. The van der Waals surface area contributed by atoms with Crippen LogP contribution in [-0.4, -0.2) is 24.5 Å². The maximum absolute atomic E-state index is 2.39. The summed E-state index contributed by atoms with van der Waals surface area (Å²) in [5, 5.41) is 0. The van der Waals surface area contributed by atoms with Crippen molar-refractivity contribution in [2.75, 3.05) is 14.1 Å². The molecule has 1 heteroatoms. The Balaban J connectivity index is 3.55. The standard InChI is InChI=1S/C14H31N/c1-6-8-9-10-11-12-13-14(3,7-2)15(4)5/h6-13H2,1-5H3. The van der Waals surface area contributed by atoms with Crippen molar-refractivity contribution in [3.8, 4) is 0 Å². The fourth-order valence-electron chi connectivity index (χ4n) is 2.00. The molecule has 1 atom stereocenters. The molecule has 92 valence electrons. The Morgan fingerprint density at radius 2 is 1.40 bits per heavy atom. The normalized spacial score (nSPS) is 15.6. The van der Waals surface area contributed by atoms with E-state index in [-0.39, 0.29) is 0 Å². The van der Waals surface area contributed by atoms with Gasteiger partial charge < -0.3 is 4.90 Å². The van der Waals surface area contributed by atoms with Crippen molar-refractivity contribution in [2.24, 2.45) is 0 Å². The van der Waals surface area contributed by atoms with E-state index in [1.54, 1.807) is 0 Å². The molecule has 0 aliphatic carbocycles. The van der Waals surface area contributed by atoms with Gasteiger partial charge in [-0.3, -0.25) is 0 Å². The summed E-state index contributed by atoms with van der Waals surface area (Å²) >= 11 is 0. The van der Waals surface area contributed by atoms with E-state index >= 15 is 0 Å². The van der Waals surface area contributed by atoms with E-state index in [0.717, 1.165) is 0 Å². The van der Waals surface area contributed by atoms with E-state index in [1.165, 1.54) is 51.4 Å². The van der Waals surface area contributed by atoms with Crippen molar-refractivity contribution < 1.29 is 0 Å². The molecule has 0 bridgehead atoms. The number of nitrogens with zero attached hydrogens (tertiary/aromatic N) is 1. The fourth-order valence-corrected chi connectivity index (χ4v) is 2.00. The molecule has 0 aromatic carbocycles.